The quantitative estimate of drug-likeness (QED) is 0.883. The number of halogens is 1. The van der Waals surface area contributed by atoms with E-state index in [1.54, 1.807) is 0 Å². The Bertz CT molecular complexity index is 623. The second-order valence-electron chi connectivity index (χ2n) is 5.08. The lowest BCUT2D eigenvalue weighted by molar-refractivity contribution is 0.171. The molecule has 0 aliphatic carbocycles. The van der Waals surface area contributed by atoms with E-state index in [2.05, 4.69) is 20.6 Å². The van der Waals surface area contributed by atoms with Gasteiger partial charge in [-0.1, -0.05) is 0 Å². The number of nitrogens with one attached hydrogen (secondary N) is 2. The Kier molecular flexibility index (Phi) is 4.31. The largest absolute Gasteiger partial charge is 0.486 e. The van der Waals surface area contributed by atoms with Gasteiger partial charge < -0.3 is 20.1 Å². The maximum absolute atomic E-state index is 5.58. The molecule has 0 saturated carbocycles. The van der Waals surface area contributed by atoms with Crippen LogP contribution in [0.3, 0.4) is 0 Å². The van der Waals surface area contributed by atoms with Crippen LogP contribution in [-0.4, -0.2) is 29.7 Å². The molecule has 2 aromatic rings. The van der Waals surface area contributed by atoms with Crippen molar-refractivity contribution in [2.24, 2.45) is 0 Å². The van der Waals surface area contributed by atoms with Gasteiger partial charge in [-0.05, 0) is 12.1 Å². The number of benzene rings is 1. The van der Waals surface area contributed by atoms with Crippen molar-refractivity contribution >= 4 is 24.0 Å². The first-order valence-corrected chi connectivity index (χ1v) is 7.11. The van der Waals surface area contributed by atoms with Crippen LogP contribution in [0.2, 0.25) is 0 Å². The number of anilines is 2. The zero-order valence-corrected chi connectivity index (χ0v) is 12.8. The van der Waals surface area contributed by atoms with Crippen LogP contribution in [0.4, 0.5) is 11.6 Å². The highest BCUT2D eigenvalue weighted by Gasteiger charge is 2.14. The van der Waals surface area contributed by atoms with Gasteiger partial charge in [-0.3, -0.25) is 0 Å². The molecule has 7 heteroatoms. The average Bonchev–Trinajstić information content (AvgIpc) is 2.55. The summed E-state index contributed by atoms with van der Waals surface area (Å²) in [4.78, 5) is 8.95. The fourth-order valence-electron chi connectivity index (χ4n) is 2.55. The third-order valence-corrected chi connectivity index (χ3v) is 3.61. The van der Waals surface area contributed by atoms with Gasteiger partial charge in [0.2, 0.25) is 5.95 Å². The highest BCUT2D eigenvalue weighted by atomic mass is 35.5. The molecule has 116 valence electrons. The number of ether oxygens (including phenoxy) is 2. The summed E-state index contributed by atoms with van der Waals surface area (Å²) >= 11 is 0. The average molecular weight is 321 g/mol. The first-order valence-electron chi connectivity index (χ1n) is 7.11. The van der Waals surface area contributed by atoms with Crippen LogP contribution in [0.5, 0.6) is 11.5 Å². The van der Waals surface area contributed by atoms with Gasteiger partial charge in [0.15, 0.2) is 11.5 Å². The zero-order chi connectivity index (χ0) is 14.1. The molecule has 1 aromatic heterocycles. The normalized spacial score (nSPS) is 15.5. The first kappa shape index (κ1) is 14.9. The molecule has 0 saturated heterocycles. The number of fused-ring (bicyclic) bond motifs is 2. The molecule has 6 nitrogen and oxygen atoms in total. The third kappa shape index (κ3) is 2.93. The van der Waals surface area contributed by atoms with Crippen LogP contribution >= 0.6 is 12.4 Å². The summed E-state index contributed by atoms with van der Waals surface area (Å²) in [6, 6.07) is 5.76. The fraction of sp³-hybridized carbons (Fsp3) is 0.333. The van der Waals surface area contributed by atoms with E-state index >= 15 is 0 Å². The molecule has 4 rings (SSSR count). The van der Waals surface area contributed by atoms with E-state index in [1.807, 2.05) is 24.4 Å². The predicted molar refractivity (Wildman–Crippen MR) is 85.4 cm³/mol. The van der Waals surface area contributed by atoms with E-state index < -0.39 is 0 Å². The van der Waals surface area contributed by atoms with E-state index in [1.165, 1.54) is 5.56 Å². The summed E-state index contributed by atoms with van der Waals surface area (Å²) in [6.45, 7) is 2.99. The smallest absolute Gasteiger partial charge is 0.227 e. The molecule has 2 aliphatic heterocycles. The summed E-state index contributed by atoms with van der Waals surface area (Å²) < 4.78 is 11.1. The van der Waals surface area contributed by atoms with Crippen LogP contribution < -0.4 is 20.1 Å². The van der Waals surface area contributed by atoms with E-state index in [0.29, 0.717) is 19.2 Å². The van der Waals surface area contributed by atoms with Crippen molar-refractivity contribution in [2.45, 2.75) is 13.0 Å². The SMILES string of the molecule is Cl.c1cc2c(cc1Nc1ncc3c(n1)CCNC3)OCCO2. The standard InChI is InChI=1S/C15H16N4O2.ClH/c1-2-13-14(21-6-5-20-13)7-11(1)18-15-17-9-10-8-16-4-3-12(10)19-15;/h1-2,7,9,16H,3-6,8H2,(H,17,18,19);1H. The van der Waals surface area contributed by atoms with Crippen LogP contribution in [0.15, 0.2) is 24.4 Å². The Morgan fingerprint density at radius 2 is 2.00 bits per heavy atom. The summed E-state index contributed by atoms with van der Waals surface area (Å²) in [6.07, 6.45) is 2.82. The van der Waals surface area contributed by atoms with Crippen molar-refractivity contribution in [2.75, 3.05) is 25.1 Å². The summed E-state index contributed by atoms with van der Waals surface area (Å²) in [5, 5.41) is 6.54. The van der Waals surface area contributed by atoms with Gasteiger partial charge in [0.05, 0.1) is 5.69 Å². The molecule has 3 heterocycles. The molecule has 0 atom stereocenters. The Morgan fingerprint density at radius 1 is 1.14 bits per heavy atom. The number of hydrogen-bond donors (Lipinski definition) is 2. The molecule has 1 aromatic carbocycles. The Labute approximate surface area is 134 Å². The highest BCUT2D eigenvalue weighted by molar-refractivity contribution is 5.85. The van der Waals surface area contributed by atoms with E-state index in [9.17, 15) is 0 Å². The highest BCUT2D eigenvalue weighted by Crippen LogP contribution is 2.33. The minimum absolute atomic E-state index is 0. The molecule has 0 amide bonds. The molecule has 0 bridgehead atoms. The number of aromatic nitrogens is 2. The molecular weight excluding hydrogens is 304 g/mol. The molecule has 0 radical (unpaired) electrons. The maximum atomic E-state index is 5.58. The van der Waals surface area contributed by atoms with Gasteiger partial charge in [0, 0.05) is 43.0 Å². The summed E-state index contributed by atoms with van der Waals surface area (Å²) in [5.41, 5.74) is 3.19. The molecule has 0 spiro atoms. The summed E-state index contributed by atoms with van der Waals surface area (Å²) in [7, 11) is 0. The molecule has 0 fully saturated rings. The van der Waals surface area contributed by atoms with E-state index in [0.717, 1.165) is 42.4 Å². The van der Waals surface area contributed by atoms with Gasteiger partial charge in [0.25, 0.3) is 0 Å². The molecule has 2 N–H and O–H groups in total. The predicted octanol–water partition coefficient (Wildman–Crippen LogP) is 2.06. The Morgan fingerprint density at radius 3 is 2.91 bits per heavy atom. The van der Waals surface area contributed by atoms with Crippen molar-refractivity contribution in [3.8, 4) is 11.5 Å². The van der Waals surface area contributed by atoms with Gasteiger partial charge in [-0.25, -0.2) is 9.97 Å². The minimum atomic E-state index is 0. The van der Waals surface area contributed by atoms with Crippen molar-refractivity contribution in [3.63, 3.8) is 0 Å². The molecule has 22 heavy (non-hydrogen) atoms. The molecule has 2 aliphatic rings. The van der Waals surface area contributed by atoms with Gasteiger partial charge in [-0.2, -0.15) is 0 Å². The zero-order valence-electron chi connectivity index (χ0n) is 12.0. The van der Waals surface area contributed by atoms with E-state index in [-0.39, 0.29) is 12.4 Å². The van der Waals surface area contributed by atoms with Gasteiger partial charge >= 0.3 is 0 Å². The lowest BCUT2D eigenvalue weighted by Gasteiger charge is -2.19. The van der Waals surface area contributed by atoms with Crippen molar-refractivity contribution in [1.82, 2.24) is 15.3 Å². The summed E-state index contributed by atoms with van der Waals surface area (Å²) in [5.74, 6) is 2.16. The van der Waals surface area contributed by atoms with Crippen molar-refractivity contribution in [3.05, 3.63) is 35.7 Å². The number of nitrogens with zero attached hydrogens (tertiary/aromatic N) is 2. The van der Waals surface area contributed by atoms with Crippen molar-refractivity contribution in [1.29, 1.82) is 0 Å². The maximum Gasteiger partial charge on any atom is 0.227 e. The number of hydrogen-bond acceptors (Lipinski definition) is 6. The lowest BCUT2D eigenvalue weighted by atomic mass is 10.1. The molecule has 0 unspecified atom stereocenters. The third-order valence-electron chi connectivity index (χ3n) is 3.61. The van der Waals surface area contributed by atoms with Crippen LogP contribution in [0, 0.1) is 0 Å². The topological polar surface area (TPSA) is 68.3 Å². The Hall–Kier alpha value is -2.05. The second-order valence-corrected chi connectivity index (χ2v) is 5.08. The number of rotatable bonds is 2. The lowest BCUT2D eigenvalue weighted by Crippen LogP contribution is -2.25. The fourth-order valence-corrected chi connectivity index (χ4v) is 2.55. The van der Waals surface area contributed by atoms with Crippen molar-refractivity contribution < 1.29 is 9.47 Å². The van der Waals surface area contributed by atoms with Crippen LogP contribution in [0.25, 0.3) is 0 Å². The first-order chi connectivity index (χ1) is 10.4. The second kappa shape index (κ2) is 6.37. The van der Waals surface area contributed by atoms with E-state index in [4.69, 9.17) is 9.47 Å². The minimum Gasteiger partial charge on any atom is -0.486 e. The van der Waals surface area contributed by atoms with Crippen LogP contribution in [0.1, 0.15) is 11.3 Å². The molecular formula is C15H17ClN4O2. The monoisotopic (exact) mass is 320 g/mol. The Balaban J connectivity index is 0.00000144. The van der Waals surface area contributed by atoms with Gasteiger partial charge in [0.1, 0.15) is 13.2 Å². The van der Waals surface area contributed by atoms with Gasteiger partial charge in [-0.15, -0.1) is 12.4 Å². The van der Waals surface area contributed by atoms with Crippen LogP contribution in [-0.2, 0) is 13.0 Å².